The molecule has 0 fully saturated rings. The van der Waals surface area contributed by atoms with E-state index in [0.717, 1.165) is 11.3 Å². The van der Waals surface area contributed by atoms with Gasteiger partial charge in [-0.3, -0.25) is 9.59 Å². The Balaban J connectivity index is 2.48. The lowest BCUT2D eigenvalue weighted by Crippen LogP contribution is -2.10. The molecule has 0 saturated carbocycles. The first-order chi connectivity index (χ1) is 8.54. The van der Waals surface area contributed by atoms with Crippen molar-refractivity contribution < 1.29 is 14.3 Å². The molecule has 0 aliphatic carbocycles. The predicted octanol–water partition coefficient (Wildman–Crippen LogP) is 1.63. The van der Waals surface area contributed by atoms with Gasteiger partial charge in [0.15, 0.2) is 5.78 Å². The number of imidazole rings is 1. The summed E-state index contributed by atoms with van der Waals surface area (Å²) in [7, 11) is 3.15. The molecule has 5 heteroatoms. The van der Waals surface area contributed by atoms with Crippen LogP contribution in [-0.2, 0) is 16.6 Å². The van der Waals surface area contributed by atoms with Gasteiger partial charge in [-0.25, -0.2) is 4.98 Å². The second-order valence-electron chi connectivity index (χ2n) is 4.07. The number of hydrogen-bond acceptors (Lipinski definition) is 4. The zero-order valence-corrected chi connectivity index (χ0v) is 10.6. The highest BCUT2D eigenvalue weighted by atomic mass is 16.5. The molecule has 0 atom stereocenters. The molecule has 0 bridgehead atoms. The Bertz CT molecular complexity index is 628. The molecule has 18 heavy (non-hydrogen) atoms. The fraction of sp³-hybridized carbons (Fsp3) is 0.308. The minimum atomic E-state index is -0.537. The van der Waals surface area contributed by atoms with Crippen molar-refractivity contribution in [2.45, 2.75) is 13.3 Å². The number of aryl methyl sites for hydroxylation is 2. The molecule has 0 radical (unpaired) electrons. The smallest absolute Gasteiger partial charge is 0.313 e. The highest BCUT2D eigenvalue weighted by Crippen LogP contribution is 2.20. The van der Waals surface area contributed by atoms with E-state index in [0.29, 0.717) is 11.1 Å². The Morgan fingerprint density at radius 2 is 2.11 bits per heavy atom. The Kier molecular flexibility index (Phi) is 3.14. The summed E-state index contributed by atoms with van der Waals surface area (Å²) in [4.78, 5) is 27.5. The molecule has 0 unspecified atom stereocenters. The van der Waals surface area contributed by atoms with Crippen LogP contribution in [0.3, 0.4) is 0 Å². The van der Waals surface area contributed by atoms with Crippen molar-refractivity contribution in [1.29, 1.82) is 0 Å². The standard InChI is InChI=1S/C13H14N2O3/c1-8-14-13-9(11(16)7-12(17)18-3)5-4-6-10(13)15(8)2/h4-6H,7H2,1-3H3. The molecule has 94 valence electrons. The molecule has 2 aromatic rings. The quantitative estimate of drug-likeness (QED) is 0.469. The largest absolute Gasteiger partial charge is 0.469 e. The van der Waals surface area contributed by atoms with Gasteiger partial charge in [0.1, 0.15) is 12.2 Å². The molecule has 2 rings (SSSR count). The van der Waals surface area contributed by atoms with Gasteiger partial charge in [0, 0.05) is 12.6 Å². The molecule has 0 amide bonds. The van der Waals surface area contributed by atoms with Gasteiger partial charge in [0.05, 0.1) is 18.1 Å². The molecule has 5 nitrogen and oxygen atoms in total. The lowest BCUT2D eigenvalue weighted by Gasteiger charge is -2.01. The lowest BCUT2D eigenvalue weighted by molar-refractivity contribution is -0.139. The van der Waals surface area contributed by atoms with E-state index in [1.165, 1.54) is 7.11 Å². The molecule has 1 aromatic heterocycles. The normalized spacial score (nSPS) is 10.6. The maximum atomic E-state index is 12.0. The Labute approximate surface area is 104 Å². The number of carbonyl (C=O) groups excluding carboxylic acids is 2. The first-order valence-electron chi connectivity index (χ1n) is 5.56. The zero-order chi connectivity index (χ0) is 13.3. The van der Waals surface area contributed by atoms with Crippen molar-refractivity contribution >= 4 is 22.8 Å². The number of esters is 1. The van der Waals surface area contributed by atoms with Crippen LogP contribution in [0.5, 0.6) is 0 Å². The van der Waals surface area contributed by atoms with E-state index in [2.05, 4.69) is 9.72 Å². The van der Waals surface area contributed by atoms with Crippen LogP contribution in [0.2, 0.25) is 0 Å². The van der Waals surface area contributed by atoms with Crippen LogP contribution >= 0.6 is 0 Å². The van der Waals surface area contributed by atoms with Crippen LogP contribution in [0.1, 0.15) is 22.6 Å². The SMILES string of the molecule is COC(=O)CC(=O)c1cccc2c1nc(C)n2C. The number of Topliss-reactive ketones (excluding diaryl/α,β-unsaturated/α-hetero) is 1. The maximum absolute atomic E-state index is 12.0. The molecular formula is C13H14N2O3. The minimum absolute atomic E-state index is 0.259. The molecule has 0 aliphatic rings. The number of benzene rings is 1. The van der Waals surface area contributed by atoms with Gasteiger partial charge in [-0.1, -0.05) is 6.07 Å². The summed E-state index contributed by atoms with van der Waals surface area (Å²) in [6.45, 7) is 1.87. The van der Waals surface area contributed by atoms with Crippen LogP contribution in [0, 0.1) is 6.92 Å². The summed E-state index contributed by atoms with van der Waals surface area (Å²) in [6.07, 6.45) is -0.259. The third-order valence-corrected chi connectivity index (χ3v) is 2.97. The van der Waals surface area contributed by atoms with Crippen molar-refractivity contribution in [2.24, 2.45) is 7.05 Å². The number of nitrogens with zero attached hydrogens (tertiary/aromatic N) is 2. The topological polar surface area (TPSA) is 61.2 Å². The summed E-state index contributed by atoms with van der Waals surface area (Å²) < 4.78 is 6.40. The van der Waals surface area contributed by atoms with Crippen LogP contribution in [0.15, 0.2) is 18.2 Å². The number of ether oxygens (including phenoxy) is 1. The second kappa shape index (κ2) is 4.60. The van der Waals surface area contributed by atoms with Crippen LogP contribution < -0.4 is 0 Å². The van der Waals surface area contributed by atoms with Crippen molar-refractivity contribution in [3.8, 4) is 0 Å². The van der Waals surface area contributed by atoms with Gasteiger partial charge in [-0.2, -0.15) is 0 Å². The minimum Gasteiger partial charge on any atom is -0.469 e. The van der Waals surface area contributed by atoms with Crippen LogP contribution in [0.25, 0.3) is 11.0 Å². The summed E-state index contributed by atoms with van der Waals surface area (Å²) in [5, 5.41) is 0. The first kappa shape index (κ1) is 12.3. The number of ketones is 1. The predicted molar refractivity (Wildman–Crippen MR) is 66.4 cm³/mol. The molecular weight excluding hydrogens is 232 g/mol. The molecule has 0 N–H and O–H groups in total. The second-order valence-corrected chi connectivity index (χ2v) is 4.07. The first-order valence-corrected chi connectivity index (χ1v) is 5.56. The number of methoxy groups -OCH3 is 1. The van der Waals surface area contributed by atoms with E-state index in [-0.39, 0.29) is 12.2 Å². The fourth-order valence-corrected chi connectivity index (χ4v) is 1.85. The van der Waals surface area contributed by atoms with Gasteiger partial charge in [0.25, 0.3) is 0 Å². The number of aromatic nitrogens is 2. The molecule has 1 aromatic carbocycles. The highest BCUT2D eigenvalue weighted by Gasteiger charge is 2.17. The number of fused-ring (bicyclic) bond motifs is 1. The Morgan fingerprint density at radius 1 is 1.39 bits per heavy atom. The Morgan fingerprint density at radius 3 is 2.78 bits per heavy atom. The van der Waals surface area contributed by atoms with E-state index in [9.17, 15) is 9.59 Å². The molecule has 1 heterocycles. The molecule has 0 spiro atoms. The third-order valence-electron chi connectivity index (χ3n) is 2.97. The number of rotatable bonds is 3. The maximum Gasteiger partial charge on any atom is 0.313 e. The van der Waals surface area contributed by atoms with Gasteiger partial charge in [-0.15, -0.1) is 0 Å². The average molecular weight is 246 g/mol. The summed E-state index contributed by atoms with van der Waals surface area (Å²) in [5.41, 5.74) is 1.97. The number of hydrogen-bond donors (Lipinski definition) is 0. The van der Waals surface area contributed by atoms with Crippen molar-refractivity contribution in [3.05, 3.63) is 29.6 Å². The van der Waals surface area contributed by atoms with Crippen LogP contribution in [0.4, 0.5) is 0 Å². The van der Waals surface area contributed by atoms with Crippen LogP contribution in [-0.4, -0.2) is 28.4 Å². The lowest BCUT2D eigenvalue weighted by atomic mass is 10.1. The van der Waals surface area contributed by atoms with Crippen molar-refractivity contribution in [3.63, 3.8) is 0 Å². The van der Waals surface area contributed by atoms with Crippen molar-refractivity contribution in [2.75, 3.05) is 7.11 Å². The molecule has 0 saturated heterocycles. The van der Waals surface area contributed by atoms with E-state index in [1.54, 1.807) is 12.1 Å². The summed E-state index contributed by atoms with van der Waals surface area (Å²) in [6, 6.07) is 5.36. The van der Waals surface area contributed by atoms with E-state index in [4.69, 9.17) is 0 Å². The van der Waals surface area contributed by atoms with Gasteiger partial charge in [0.2, 0.25) is 0 Å². The summed E-state index contributed by atoms with van der Waals surface area (Å²) in [5.74, 6) is 0.0125. The monoisotopic (exact) mass is 246 g/mol. The van der Waals surface area contributed by atoms with E-state index >= 15 is 0 Å². The summed E-state index contributed by atoms with van der Waals surface area (Å²) >= 11 is 0. The third kappa shape index (κ3) is 1.99. The number of para-hydroxylation sites is 1. The Hall–Kier alpha value is -2.17. The average Bonchev–Trinajstić information content (AvgIpc) is 2.65. The van der Waals surface area contributed by atoms with E-state index < -0.39 is 5.97 Å². The van der Waals surface area contributed by atoms with E-state index in [1.807, 2.05) is 24.6 Å². The molecule has 0 aliphatic heterocycles. The van der Waals surface area contributed by atoms with Gasteiger partial charge in [-0.05, 0) is 19.1 Å². The zero-order valence-electron chi connectivity index (χ0n) is 10.6. The number of carbonyl (C=O) groups is 2. The van der Waals surface area contributed by atoms with Gasteiger partial charge < -0.3 is 9.30 Å². The fourth-order valence-electron chi connectivity index (χ4n) is 1.85. The van der Waals surface area contributed by atoms with Gasteiger partial charge >= 0.3 is 5.97 Å². The van der Waals surface area contributed by atoms with Crippen molar-refractivity contribution in [1.82, 2.24) is 9.55 Å². The highest BCUT2D eigenvalue weighted by molar-refractivity contribution is 6.12.